The average Bonchev–Trinajstić information content (AvgIpc) is 2.90. The van der Waals surface area contributed by atoms with Crippen LogP contribution in [0.3, 0.4) is 0 Å². The Morgan fingerprint density at radius 3 is 2.48 bits per heavy atom. The summed E-state index contributed by atoms with van der Waals surface area (Å²) >= 11 is 1.33. The summed E-state index contributed by atoms with van der Waals surface area (Å²) in [5.74, 6) is 0.187. The molecule has 3 rings (SSSR count). The molecule has 0 saturated carbocycles. The van der Waals surface area contributed by atoms with Gasteiger partial charge < -0.3 is 4.74 Å². The molecule has 25 heavy (non-hydrogen) atoms. The Bertz CT molecular complexity index is 916. The van der Waals surface area contributed by atoms with Crippen LogP contribution in [-0.2, 0) is 0 Å². The third kappa shape index (κ3) is 3.62. The summed E-state index contributed by atoms with van der Waals surface area (Å²) in [6, 6.07) is 11.7. The molecule has 1 aliphatic rings. The Morgan fingerprint density at radius 1 is 1.12 bits per heavy atom. The van der Waals surface area contributed by atoms with E-state index in [-0.39, 0.29) is 0 Å². The van der Waals surface area contributed by atoms with Crippen molar-refractivity contribution in [2.24, 2.45) is 4.99 Å². The largest absolute Gasteiger partial charge is 0.457 e. The lowest BCUT2D eigenvalue weighted by Crippen LogP contribution is -2.19. The number of benzene rings is 2. The molecule has 0 fully saturated rings. The van der Waals surface area contributed by atoms with E-state index >= 15 is 0 Å². The number of ether oxygens (including phenoxy) is 1. The molecule has 0 radical (unpaired) electrons. The minimum atomic E-state index is -0.426. The molecular formula is C17H12N4O3S. The van der Waals surface area contributed by atoms with Gasteiger partial charge in [0.1, 0.15) is 11.5 Å². The van der Waals surface area contributed by atoms with Crippen LogP contribution in [0.25, 0.3) is 0 Å². The number of amides is 2. The fourth-order valence-electron chi connectivity index (χ4n) is 2.22. The summed E-state index contributed by atoms with van der Waals surface area (Å²) in [6.45, 7) is 0. The van der Waals surface area contributed by atoms with E-state index in [0.717, 1.165) is 0 Å². The lowest BCUT2D eigenvalue weighted by molar-refractivity contribution is 0.0879. The van der Waals surface area contributed by atoms with Gasteiger partial charge in [-0.2, -0.15) is 5.26 Å². The van der Waals surface area contributed by atoms with Crippen LogP contribution >= 0.6 is 11.8 Å². The molecule has 0 spiro atoms. The summed E-state index contributed by atoms with van der Waals surface area (Å²) in [5.41, 5.74) is 1.31. The number of thioether (sulfide) groups is 1. The average molecular weight is 352 g/mol. The summed E-state index contributed by atoms with van der Waals surface area (Å²) in [5, 5.41) is 13.8. The number of hydrogen-bond donors (Lipinski definition) is 2. The van der Waals surface area contributed by atoms with Gasteiger partial charge in [-0.15, -0.1) is 0 Å². The van der Waals surface area contributed by atoms with Gasteiger partial charge >= 0.3 is 0 Å². The van der Waals surface area contributed by atoms with Crippen molar-refractivity contribution >= 4 is 34.4 Å². The Balaban J connectivity index is 1.77. The highest BCUT2D eigenvalue weighted by Gasteiger charge is 2.26. The van der Waals surface area contributed by atoms with E-state index in [1.807, 2.05) is 12.4 Å². The van der Waals surface area contributed by atoms with Crippen molar-refractivity contribution in [2.45, 2.75) is 0 Å². The fraction of sp³-hybridized carbons (Fsp3) is 0.0588. The van der Waals surface area contributed by atoms with Crippen LogP contribution < -0.4 is 15.4 Å². The predicted molar refractivity (Wildman–Crippen MR) is 94.1 cm³/mol. The first kappa shape index (κ1) is 16.5. The van der Waals surface area contributed by atoms with Gasteiger partial charge in [0.2, 0.25) is 0 Å². The second-order valence-corrected chi connectivity index (χ2v) is 5.74. The Labute approximate surface area is 147 Å². The van der Waals surface area contributed by atoms with Gasteiger partial charge in [0.25, 0.3) is 11.8 Å². The normalized spacial score (nSPS) is 13.0. The number of fused-ring (bicyclic) bond motifs is 1. The zero-order valence-electron chi connectivity index (χ0n) is 13.1. The van der Waals surface area contributed by atoms with Crippen LogP contribution in [0.4, 0.5) is 5.69 Å². The predicted octanol–water partition coefficient (Wildman–Crippen LogP) is 2.78. The standard InChI is InChI=1S/C17H12N4O3S/c1-25-17(19-9-18)20-10-2-4-11(5-3-10)24-12-6-7-13-14(8-12)16(23)21-15(13)22/h2-8H,1H3,(H,19,20)(H,21,22,23). The van der Waals surface area contributed by atoms with Crippen molar-refractivity contribution in [1.29, 1.82) is 5.26 Å². The zero-order chi connectivity index (χ0) is 17.8. The van der Waals surface area contributed by atoms with E-state index in [2.05, 4.69) is 15.6 Å². The molecule has 0 atom stereocenters. The molecule has 2 aromatic carbocycles. The van der Waals surface area contributed by atoms with Crippen molar-refractivity contribution in [2.75, 3.05) is 6.26 Å². The zero-order valence-corrected chi connectivity index (χ0v) is 13.9. The first-order valence-corrected chi connectivity index (χ1v) is 8.38. The topological polar surface area (TPSA) is 104 Å². The molecular weight excluding hydrogens is 340 g/mol. The number of imide groups is 1. The number of amidine groups is 1. The number of aliphatic imine (C=N–C) groups is 1. The highest BCUT2D eigenvalue weighted by atomic mass is 32.2. The van der Waals surface area contributed by atoms with Crippen LogP contribution in [0.2, 0.25) is 0 Å². The maximum Gasteiger partial charge on any atom is 0.259 e. The number of carbonyl (C=O) groups is 2. The monoisotopic (exact) mass is 352 g/mol. The molecule has 7 nitrogen and oxygen atoms in total. The molecule has 124 valence electrons. The van der Waals surface area contributed by atoms with Gasteiger partial charge in [-0.05, 0) is 48.7 Å². The number of nitriles is 1. The van der Waals surface area contributed by atoms with E-state index in [9.17, 15) is 9.59 Å². The molecule has 2 amide bonds. The molecule has 0 saturated heterocycles. The third-order valence-corrected chi connectivity index (χ3v) is 3.95. The van der Waals surface area contributed by atoms with Gasteiger partial charge in [-0.3, -0.25) is 20.2 Å². The maximum absolute atomic E-state index is 11.7. The van der Waals surface area contributed by atoms with Crippen LogP contribution in [0.15, 0.2) is 47.5 Å². The Morgan fingerprint density at radius 2 is 1.80 bits per heavy atom. The number of rotatable bonds is 3. The van der Waals surface area contributed by atoms with Crippen LogP contribution in [0.1, 0.15) is 20.7 Å². The maximum atomic E-state index is 11.7. The molecule has 2 N–H and O–H groups in total. The van der Waals surface area contributed by atoms with Crippen molar-refractivity contribution in [1.82, 2.24) is 10.6 Å². The first-order chi connectivity index (χ1) is 12.1. The summed E-state index contributed by atoms with van der Waals surface area (Å²) in [7, 11) is 0. The summed E-state index contributed by atoms with van der Waals surface area (Å²) in [4.78, 5) is 27.5. The van der Waals surface area contributed by atoms with Crippen molar-refractivity contribution in [3.63, 3.8) is 0 Å². The van der Waals surface area contributed by atoms with Gasteiger partial charge in [-0.1, -0.05) is 11.8 Å². The molecule has 0 bridgehead atoms. The van der Waals surface area contributed by atoms with E-state index in [1.54, 1.807) is 36.4 Å². The van der Waals surface area contributed by atoms with Crippen LogP contribution in [0, 0.1) is 11.5 Å². The van der Waals surface area contributed by atoms with E-state index < -0.39 is 11.8 Å². The SMILES string of the molecule is CSC(=Nc1ccc(Oc2ccc3c(c2)C(=O)NC3=O)cc1)NC#N. The minimum absolute atomic E-state index is 0.302. The van der Waals surface area contributed by atoms with Crippen LogP contribution in [0.5, 0.6) is 11.5 Å². The molecule has 1 heterocycles. The van der Waals surface area contributed by atoms with Crippen molar-refractivity contribution in [3.8, 4) is 17.7 Å². The van der Waals surface area contributed by atoms with Crippen LogP contribution in [-0.4, -0.2) is 23.2 Å². The molecule has 0 aromatic heterocycles. The fourth-order valence-corrected chi connectivity index (χ4v) is 2.57. The molecule has 0 aliphatic carbocycles. The quantitative estimate of drug-likeness (QED) is 0.289. The van der Waals surface area contributed by atoms with Gasteiger partial charge in [0, 0.05) is 0 Å². The van der Waals surface area contributed by atoms with Gasteiger partial charge in [0.15, 0.2) is 11.4 Å². The molecule has 2 aromatic rings. The first-order valence-electron chi connectivity index (χ1n) is 7.16. The third-order valence-electron chi connectivity index (χ3n) is 3.37. The number of carbonyl (C=O) groups excluding carboxylic acids is 2. The van der Waals surface area contributed by atoms with Crippen molar-refractivity contribution in [3.05, 3.63) is 53.6 Å². The van der Waals surface area contributed by atoms with E-state index in [1.165, 1.54) is 17.8 Å². The highest BCUT2D eigenvalue weighted by Crippen LogP contribution is 2.27. The van der Waals surface area contributed by atoms with E-state index in [4.69, 9.17) is 10.00 Å². The Hall–Kier alpha value is -3.31. The summed E-state index contributed by atoms with van der Waals surface area (Å²) < 4.78 is 5.71. The molecule has 1 aliphatic heterocycles. The second kappa shape index (κ2) is 7.07. The van der Waals surface area contributed by atoms with Crippen molar-refractivity contribution < 1.29 is 14.3 Å². The minimum Gasteiger partial charge on any atom is -0.457 e. The summed E-state index contributed by atoms with van der Waals surface area (Å²) in [6.07, 6.45) is 3.64. The number of nitrogens with one attached hydrogen (secondary N) is 2. The Kier molecular flexibility index (Phi) is 4.68. The lowest BCUT2D eigenvalue weighted by atomic mass is 10.1. The van der Waals surface area contributed by atoms with Gasteiger partial charge in [0.05, 0.1) is 16.8 Å². The smallest absolute Gasteiger partial charge is 0.259 e. The second-order valence-electron chi connectivity index (χ2n) is 4.94. The molecule has 8 heteroatoms. The van der Waals surface area contributed by atoms with E-state index in [0.29, 0.717) is 33.5 Å². The molecule has 0 unspecified atom stereocenters. The number of nitrogens with zero attached hydrogens (tertiary/aromatic N) is 2. The highest BCUT2D eigenvalue weighted by molar-refractivity contribution is 8.13. The number of hydrogen-bond acceptors (Lipinski definition) is 6. The lowest BCUT2D eigenvalue weighted by Gasteiger charge is -2.07. The van der Waals surface area contributed by atoms with Gasteiger partial charge in [-0.25, -0.2) is 4.99 Å².